The summed E-state index contributed by atoms with van der Waals surface area (Å²) in [6, 6.07) is 0. The Hall–Kier alpha value is 8.62. The van der Waals surface area contributed by atoms with E-state index in [0.717, 1.165) is 0 Å². The van der Waals surface area contributed by atoms with Crippen molar-refractivity contribution in [3.05, 3.63) is 0 Å². The third kappa shape index (κ3) is 337. The average molecular weight is 779 g/mol. The van der Waals surface area contributed by atoms with Gasteiger partial charge in [-0.2, -0.15) is 0 Å². The second kappa shape index (κ2) is 63.2. The van der Waals surface area contributed by atoms with Crippen molar-refractivity contribution >= 4 is 302 Å². The molecular weight excluding hydrogens is 777 g/mol. The van der Waals surface area contributed by atoms with Gasteiger partial charge in [-0.3, -0.25) is 29.3 Å². The zero-order chi connectivity index (χ0) is 14.3. The molecule has 0 bridgehead atoms. The summed E-state index contributed by atoms with van der Waals surface area (Å²) in [4.78, 5) is 0. The van der Waals surface area contributed by atoms with Crippen LogP contribution in [0.2, 0.25) is 0 Å². The molecule has 0 spiro atoms. The summed E-state index contributed by atoms with van der Waals surface area (Å²) in [5.74, 6) is 0. The second-order valence-electron chi connectivity index (χ2n) is 1.15. The zero-order valence-corrected chi connectivity index (χ0v) is 32.8. The maximum atomic E-state index is 8.42. The van der Waals surface area contributed by atoms with E-state index in [1.54, 1.807) is 0 Å². The Balaban J connectivity index is -0.00000000842. The summed E-state index contributed by atoms with van der Waals surface area (Å²) in [6.07, 6.45) is 0. The van der Waals surface area contributed by atoms with Gasteiger partial charge >= 0.3 is 273 Å². The predicted octanol–water partition coefficient (Wildman–Crippen LogP) is -18.9. The Bertz CT molecular complexity index is 75.4. The summed E-state index contributed by atoms with van der Waals surface area (Å²) in [7, 11) is -11.7. The van der Waals surface area contributed by atoms with Gasteiger partial charge in [-0.05, 0) is 0 Å². The van der Waals surface area contributed by atoms with Gasteiger partial charge in [-0.15, -0.1) is 0 Å². The standard InChI is InChI=1S/4BO3.H2O.6Sr/c4*2-1(3)4;;;;;;;/h;;;;1H2;;;;;;/q4*-3;;6*+2. The van der Waals surface area contributed by atoms with Crippen LogP contribution in [0.5, 0.6) is 0 Å². The summed E-state index contributed by atoms with van der Waals surface area (Å²) >= 11 is 0. The minimum Gasteiger partial charge on any atom is -0.907 e. The molecule has 23 heavy (non-hydrogen) atoms. The van der Waals surface area contributed by atoms with Crippen molar-refractivity contribution in [3.8, 4) is 0 Å². The fourth-order valence-corrected chi connectivity index (χ4v) is 0. The van der Waals surface area contributed by atoms with Gasteiger partial charge in [0, 0.05) is 0 Å². The molecule has 23 heteroatoms. The summed E-state index contributed by atoms with van der Waals surface area (Å²) in [5, 5.41) is 101. The third-order valence-electron chi connectivity index (χ3n) is 0. The predicted molar refractivity (Wildman–Crippen MR) is 61.2 cm³/mol. The van der Waals surface area contributed by atoms with Crippen molar-refractivity contribution in [2.45, 2.75) is 0 Å². The minimum atomic E-state index is -2.92. The maximum absolute atomic E-state index is 8.42. The van der Waals surface area contributed by atoms with Crippen LogP contribution in [-0.2, 0) is 0 Å². The van der Waals surface area contributed by atoms with Crippen molar-refractivity contribution in [3.63, 3.8) is 0 Å². The van der Waals surface area contributed by atoms with Gasteiger partial charge in [0.05, 0.1) is 0 Å². The molecule has 0 rings (SSSR count). The first-order chi connectivity index (χ1) is 6.93. The van der Waals surface area contributed by atoms with Crippen LogP contribution in [0, 0.1) is 0 Å². The van der Waals surface area contributed by atoms with E-state index in [9.17, 15) is 0 Å². The summed E-state index contributed by atoms with van der Waals surface area (Å²) in [6.45, 7) is 0. The molecule has 0 amide bonds. The zero-order valence-electron chi connectivity index (χ0n) is 12.0. The SMILES string of the molecule is O.[O-]B([O-])[O-].[O-]B([O-])[O-].[O-]B([O-])[O-].[O-]B([O-])[O-].[Sr+2].[Sr+2].[Sr+2].[Sr+2].[Sr+2].[Sr+2]. The van der Waals surface area contributed by atoms with Crippen LogP contribution in [0.25, 0.3) is 0 Å². The number of hydrogen-bond donors (Lipinski definition) is 0. The molecular formula is H2B4O13Sr6. The van der Waals surface area contributed by atoms with Crippen LogP contribution in [0.4, 0.5) is 0 Å². The normalized spacial score (nSPS) is 4.70. The van der Waals surface area contributed by atoms with Crippen molar-refractivity contribution < 1.29 is 65.8 Å². The van der Waals surface area contributed by atoms with E-state index in [0.29, 0.717) is 0 Å². The maximum Gasteiger partial charge on any atom is 2.00 e. The minimum absolute atomic E-state index is 0. The Morgan fingerprint density at radius 2 is 0.261 bits per heavy atom. The molecule has 0 aliphatic heterocycles. The molecule has 0 atom stereocenters. The van der Waals surface area contributed by atoms with Gasteiger partial charge in [-0.1, -0.05) is 0 Å². The molecule has 0 fully saturated rings. The molecule has 0 aromatic rings. The molecule has 0 aliphatic carbocycles. The fraction of sp³-hybridized carbons (Fsp3) is 0. The Morgan fingerprint density at radius 1 is 0.261 bits per heavy atom. The van der Waals surface area contributed by atoms with Gasteiger partial charge < -0.3 is 65.8 Å². The topological polar surface area (TPSA) is 308 Å². The van der Waals surface area contributed by atoms with Crippen LogP contribution in [0.1, 0.15) is 0 Å². The molecule has 0 aromatic heterocycles. The first-order valence-electron chi connectivity index (χ1n) is 2.83. The smallest absolute Gasteiger partial charge is 0.907 e. The van der Waals surface area contributed by atoms with E-state index in [1.807, 2.05) is 0 Å². The molecule has 2 N–H and O–H groups in total. The fourth-order valence-electron chi connectivity index (χ4n) is 0. The molecule has 13 nitrogen and oxygen atoms in total. The monoisotopic (exact) mass is 781 g/mol. The largest absolute Gasteiger partial charge is 2.00 e. The first kappa shape index (κ1) is 69.7. The van der Waals surface area contributed by atoms with Gasteiger partial charge in [0.1, 0.15) is 0 Å². The van der Waals surface area contributed by atoms with Gasteiger partial charge in [0.2, 0.25) is 0 Å². The van der Waals surface area contributed by atoms with Crippen molar-refractivity contribution in [2.75, 3.05) is 0 Å². The van der Waals surface area contributed by atoms with Gasteiger partial charge in [-0.25, -0.2) is 0 Å². The van der Waals surface area contributed by atoms with Gasteiger partial charge in [0.25, 0.3) is 0 Å². The van der Waals surface area contributed by atoms with E-state index >= 15 is 0 Å². The van der Waals surface area contributed by atoms with E-state index in [1.165, 1.54) is 0 Å². The molecule has 0 heterocycles. The first-order valence-corrected chi connectivity index (χ1v) is 2.83. The van der Waals surface area contributed by atoms with Crippen molar-refractivity contribution in [1.29, 1.82) is 0 Å². The van der Waals surface area contributed by atoms with E-state index < -0.39 is 29.3 Å². The van der Waals surface area contributed by atoms with Gasteiger partial charge in [0.15, 0.2) is 0 Å². The van der Waals surface area contributed by atoms with E-state index in [-0.39, 0.29) is 278 Å². The molecule has 104 valence electrons. The number of rotatable bonds is 0. The van der Waals surface area contributed by atoms with Crippen LogP contribution < -0.4 is 60.3 Å². The Labute approximate surface area is 356 Å². The van der Waals surface area contributed by atoms with Crippen LogP contribution in [-0.4, -0.2) is 308 Å². The average Bonchev–Trinajstić information content (AvgIpc) is 1.76. The second-order valence-corrected chi connectivity index (χ2v) is 1.15. The van der Waals surface area contributed by atoms with Crippen LogP contribution in [0.3, 0.4) is 0 Å². The van der Waals surface area contributed by atoms with Crippen molar-refractivity contribution in [1.82, 2.24) is 0 Å². The summed E-state index contributed by atoms with van der Waals surface area (Å²) in [5.41, 5.74) is 0. The molecule has 0 radical (unpaired) electrons. The quantitative estimate of drug-likeness (QED) is 0.207. The molecule has 0 saturated carbocycles. The number of hydrogen-bond acceptors (Lipinski definition) is 12. The molecule has 0 aliphatic rings. The molecule has 0 aromatic carbocycles. The summed E-state index contributed by atoms with van der Waals surface area (Å²) < 4.78 is 0. The third-order valence-corrected chi connectivity index (χ3v) is 0. The Morgan fingerprint density at radius 3 is 0.261 bits per heavy atom. The van der Waals surface area contributed by atoms with E-state index in [4.69, 9.17) is 60.3 Å². The van der Waals surface area contributed by atoms with Crippen LogP contribution in [0.15, 0.2) is 0 Å². The Kier molecular flexibility index (Phi) is 192. The van der Waals surface area contributed by atoms with E-state index in [2.05, 4.69) is 0 Å². The van der Waals surface area contributed by atoms with Crippen molar-refractivity contribution in [2.24, 2.45) is 0 Å². The molecule has 0 unspecified atom stereocenters. The molecule has 0 saturated heterocycles. The van der Waals surface area contributed by atoms with Crippen LogP contribution >= 0.6 is 0 Å².